The molecule has 126 valence electrons. The van der Waals surface area contributed by atoms with Gasteiger partial charge in [-0.25, -0.2) is 4.79 Å². The molecule has 6 heteroatoms. The maximum atomic E-state index is 12.5. The van der Waals surface area contributed by atoms with E-state index < -0.39 is 0 Å². The van der Waals surface area contributed by atoms with Crippen molar-refractivity contribution >= 4 is 6.03 Å². The molecule has 1 N–H and O–H groups in total. The van der Waals surface area contributed by atoms with Crippen LogP contribution < -0.4 is 5.32 Å². The zero-order valence-electron chi connectivity index (χ0n) is 13.8. The van der Waals surface area contributed by atoms with E-state index in [9.17, 15) is 4.79 Å². The van der Waals surface area contributed by atoms with Crippen LogP contribution in [0.3, 0.4) is 0 Å². The van der Waals surface area contributed by atoms with Crippen molar-refractivity contribution in [1.82, 2.24) is 20.0 Å². The minimum absolute atomic E-state index is 0.123. The van der Waals surface area contributed by atoms with Gasteiger partial charge in [0.1, 0.15) is 0 Å². The zero-order chi connectivity index (χ0) is 15.9. The first-order valence-corrected chi connectivity index (χ1v) is 8.79. The Kier molecular flexibility index (Phi) is 3.79. The number of hydrogen-bond acceptors (Lipinski definition) is 3. The number of piperidine rings is 1. The average Bonchev–Trinajstić information content (AvgIpc) is 3.02. The Morgan fingerprint density at radius 1 is 1.35 bits per heavy atom. The van der Waals surface area contributed by atoms with Crippen LogP contribution in [0.1, 0.15) is 43.7 Å². The SMILES string of the molecule is Cn1ccc(C2CCN(C(=O)NC3CC34CCOCC4)CC2)n1. The van der Waals surface area contributed by atoms with E-state index in [2.05, 4.69) is 16.5 Å². The van der Waals surface area contributed by atoms with Gasteiger partial charge in [0, 0.05) is 51.5 Å². The molecule has 1 unspecified atom stereocenters. The molecule has 1 spiro atoms. The van der Waals surface area contributed by atoms with Crippen molar-refractivity contribution in [1.29, 1.82) is 0 Å². The Bertz CT molecular complexity index is 571. The number of carbonyl (C=O) groups is 1. The number of aromatic nitrogens is 2. The highest BCUT2D eigenvalue weighted by Crippen LogP contribution is 2.53. The van der Waals surface area contributed by atoms with Gasteiger partial charge in [0.25, 0.3) is 0 Å². The Hall–Kier alpha value is -1.56. The predicted molar refractivity (Wildman–Crippen MR) is 86.2 cm³/mol. The first-order valence-electron chi connectivity index (χ1n) is 8.79. The molecule has 2 saturated heterocycles. The smallest absolute Gasteiger partial charge is 0.317 e. The fourth-order valence-corrected chi connectivity index (χ4v) is 4.15. The van der Waals surface area contributed by atoms with Crippen molar-refractivity contribution in [2.75, 3.05) is 26.3 Å². The van der Waals surface area contributed by atoms with Gasteiger partial charge < -0.3 is 15.0 Å². The summed E-state index contributed by atoms with van der Waals surface area (Å²) in [7, 11) is 1.95. The average molecular weight is 318 g/mol. The third kappa shape index (κ3) is 2.96. The van der Waals surface area contributed by atoms with Crippen molar-refractivity contribution in [2.24, 2.45) is 12.5 Å². The molecule has 1 aromatic heterocycles. The number of hydrogen-bond donors (Lipinski definition) is 1. The van der Waals surface area contributed by atoms with Crippen molar-refractivity contribution in [3.8, 4) is 0 Å². The molecule has 1 atom stereocenters. The van der Waals surface area contributed by atoms with E-state index in [4.69, 9.17) is 4.74 Å². The normalized spacial score (nSPS) is 27.2. The summed E-state index contributed by atoms with van der Waals surface area (Å²) in [4.78, 5) is 14.5. The quantitative estimate of drug-likeness (QED) is 0.906. The molecule has 1 aromatic rings. The summed E-state index contributed by atoms with van der Waals surface area (Å²) in [6.45, 7) is 3.36. The highest BCUT2D eigenvalue weighted by molar-refractivity contribution is 5.75. The van der Waals surface area contributed by atoms with E-state index >= 15 is 0 Å². The van der Waals surface area contributed by atoms with E-state index in [1.54, 1.807) is 0 Å². The number of urea groups is 1. The van der Waals surface area contributed by atoms with Gasteiger partial charge >= 0.3 is 6.03 Å². The summed E-state index contributed by atoms with van der Waals surface area (Å²) in [5.74, 6) is 0.489. The summed E-state index contributed by atoms with van der Waals surface area (Å²) in [6.07, 6.45) is 7.34. The van der Waals surface area contributed by atoms with E-state index in [1.165, 1.54) is 0 Å². The second kappa shape index (κ2) is 5.82. The molecule has 0 radical (unpaired) electrons. The maximum absolute atomic E-state index is 12.5. The van der Waals surface area contributed by atoms with Crippen LogP contribution in [0.15, 0.2) is 12.3 Å². The number of amides is 2. The molecule has 4 rings (SSSR count). The molecule has 3 fully saturated rings. The van der Waals surface area contributed by atoms with Gasteiger partial charge in [0.05, 0.1) is 5.69 Å². The zero-order valence-corrected chi connectivity index (χ0v) is 13.8. The number of likely N-dealkylation sites (tertiary alicyclic amines) is 1. The lowest BCUT2D eigenvalue weighted by Gasteiger charge is -2.32. The summed E-state index contributed by atoms with van der Waals surface area (Å²) in [5, 5.41) is 7.76. The van der Waals surface area contributed by atoms with Crippen LogP contribution in [0, 0.1) is 5.41 Å². The van der Waals surface area contributed by atoms with Crippen LogP contribution in [0.2, 0.25) is 0 Å². The lowest BCUT2D eigenvalue weighted by atomic mass is 9.94. The molecule has 23 heavy (non-hydrogen) atoms. The van der Waals surface area contributed by atoms with Crippen LogP contribution in [0.4, 0.5) is 4.79 Å². The number of ether oxygens (including phenoxy) is 1. The number of rotatable bonds is 2. The topological polar surface area (TPSA) is 59.4 Å². The lowest BCUT2D eigenvalue weighted by molar-refractivity contribution is 0.0543. The van der Waals surface area contributed by atoms with E-state index in [-0.39, 0.29) is 6.03 Å². The summed E-state index contributed by atoms with van der Waals surface area (Å²) in [5.41, 5.74) is 1.51. The Balaban J connectivity index is 1.26. The van der Waals surface area contributed by atoms with Crippen LogP contribution in [0.25, 0.3) is 0 Å². The molecule has 2 aliphatic heterocycles. The summed E-state index contributed by atoms with van der Waals surface area (Å²) in [6, 6.07) is 2.59. The molecule has 3 heterocycles. The second-order valence-electron chi connectivity index (χ2n) is 7.36. The van der Waals surface area contributed by atoms with E-state index in [0.29, 0.717) is 17.4 Å². The standard InChI is InChI=1S/C17H26N4O2/c1-20-7-4-14(19-20)13-2-8-21(9-3-13)16(22)18-15-12-17(15)5-10-23-11-6-17/h4,7,13,15H,2-3,5-6,8-12H2,1H3,(H,18,22). The summed E-state index contributed by atoms with van der Waals surface area (Å²) < 4.78 is 7.30. The number of carbonyl (C=O) groups excluding carboxylic acids is 1. The molecule has 1 aliphatic carbocycles. The molecular weight excluding hydrogens is 292 g/mol. The van der Waals surface area contributed by atoms with Crippen molar-refractivity contribution < 1.29 is 9.53 Å². The van der Waals surface area contributed by atoms with Crippen molar-refractivity contribution in [2.45, 2.75) is 44.1 Å². The Labute approximate surface area is 137 Å². The van der Waals surface area contributed by atoms with Gasteiger partial charge in [-0.3, -0.25) is 4.68 Å². The highest BCUT2D eigenvalue weighted by Gasteiger charge is 2.55. The molecule has 0 bridgehead atoms. The van der Waals surface area contributed by atoms with Gasteiger partial charge in [-0.05, 0) is 43.6 Å². The molecule has 6 nitrogen and oxygen atoms in total. The van der Waals surface area contributed by atoms with Crippen LogP contribution >= 0.6 is 0 Å². The molecule has 1 saturated carbocycles. The van der Waals surface area contributed by atoms with Gasteiger partial charge in [-0.1, -0.05) is 0 Å². The minimum Gasteiger partial charge on any atom is -0.381 e. The van der Waals surface area contributed by atoms with Gasteiger partial charge in [-0.2, -0.15) is 5.10 Å². The fraction of sp³-hybridized carbons (Fsp3) is 0.765. The highest BCUT2D eigenvalue weighted by atomic mass is 16.5. The number of aryl methyl sites for hydroxylation is 1. The third-order valence-electron chi connectivity index (χ3n) is 5.91. The molecule has 2 amide bonds. The predicted octanol–water partition coefficient (Wildman–Crippen LogP) is 1.88. The van der Waals surface area contributed by atoms with Crippen LogP contribution in [0.5, 0.6) is 0 Å². The largest absolute Gasteiger partial charge is 0.381 e. The third-order valence-corrected chi connectivity index (χ3v) is 5.91. The van der Waals surface area contributed by atoms with Crippen molar-refractivity contribution in [3.63, 3.8) is 0 Å². The summed E-state index contributed by atoms with van der Waals surface area (Å²) >= 11 is 0. The molecule has 0 aromatic carbocycles. The Morgan fingerprint density at radius 3 is 2.74 bits per heavy atom. The first kappa shape index (κ1) is 15.0. The molecular formula is C17H26N4O2. The number of nitrogens with zero attached hydrogens (tertiary/aromatic N) is 3. The van der Waals surface area contributed by atoms with E-state index in [1.807, 2.05) is 22.8 Å². The lowest BCUT2D eigenvalue weighted by Crippen LogP contribution is -2.46. The van der Waals surface area contributed by atoms with E-state index in [0.717, 1.165) is 64.1 Å². The fourth-order valence-electron chi connectivity index (χ4n) is 4.15. The van der Waals surface area contributed by atoms with Gasteiger partial charge in [0.15, 0.2) is 0 Å². The first-order chi connectivity index (χ1) is 11.2. The van der Waals surface area contributed by atoms with Crippen molar-refractivity contribution in [3.05, 3.63) is 18.0 Å². The minimum atomic E-state index is 0.123. The van der Waals surface area contributed by atoms with Gasteiger partial charge in [0.2, 0.25) is 0 Å². The second-order valence-corrected chi connectivity index (χ2v) is 7.36. The Morgan fingerprint density at radius 2 is 2.09 bits per heavy atom. The maximum Gasteiger partial charge on any atom is 0.317 e. The van der Waals surface area contributed by atoms with Gasteiger partial charge in [-0.15, -0.1) is 0 Å². The monoisotopic (exact) mass is 318 g/mol. The number of nitrogens with one attached hydrogen (secondary N) is 1. The van der Waals surface area contributed by atoms with Crippen LogP contribution in [-0.4, -0.2) is 53.1 Å². The van der Waals surface area contributed by atoms with Crippen LogP contribution in [-0.2, 0) is 11.8 Å². The molecule has 3 aliphatic rings.